The lowest BCUT2D eigenvalue weighted by atomic mass is 10.1. The van der Waals surface area contributed by atoms with Crippen molar-refractivity contribution in [2.24, 2.45) is 5.92 Å². The van der Waals surface area contributed by atoms with Crippen LogP contribution in [0, 0.1) is 5.92 Å². The quantitative estimate of drug-likeness (QED) is 0.421. The number of imidazole rings is 1. The van der Waals surface area contributed by atoms with Gasteiger partial charge in [-0.25, -0.2) is 9.97 Å². The van der Waals surface area contributed by atoms with Gasteiger partial charge in [0.1, 0.15) is 11.3 Å². The SMILES string of the molecule is Clc1cccc(Cl)c1-c1nc2cnc(NCc3cccs3)nc2n1C[C@H]1CCNC1. The normalized spacial score (nSPS) is 16.4. The third kappa shape index (κ3) is 3.90. The fourth-order valence-corrected chi connectivity index (χ4v) is 5.00. The highest BCUT2D eigenvalue weighted by atomic mass is 35.5. The molecule has 0 aliphatic carbocycles. The van der Waals surface area contributed by atoms with Gasteiger partial charge in [-0.15, -0.1) is 11.3 Å². The first-order chi connectivity index (χ1) is 14.7. The number of rotatable bonds is 6. The van der Waals surface area contributed by atoms with Crippen LogP contribution in [-0.2, 0) is 13.1 Å². The van der Waals surface area contributed by atoms with Gasteiger partial charge in [-0.3, -0.25) is 0 Å². The zero-order valence-electron chi connectivity index (χ0n) is 16.1. The summed E-state index contributed by atoms with van der Waals surface area (Å²) in [5.74, 6) is 1.82. The summed E-state index contributed by atoms with van der Waals surface area (Å²) in [7, 11) is 0. The maximum absolute atomic E-state index is 6.52. The van der Waals surface area contributed by atoms with Crippen LogP contribution in [0.4, 0.5) is 5.95 Å². The first-order valence-corrected chi connectivity index (χ1v) is 11.5. The van der Waals surface area contributed by atoms with Crippen molar-refractivity contribution in [2.75, 3.05) is 18.4 Å². The van der Waals surface area contributed by atoms with E-state index in [-0.39, 0.29) is 0 Å². The van der Waals surface area contributed by atoms with Gasteiger partial charge in [-0.2, -0.15) is 4.98 Å². The number of fused-ring (bicyclic) bond motifs is 1. The van der Waals surface area contributed by atoms with Gasteiger partial charge in [-0.05, 0) is 49.0 Å². The van der Waals surface area contributed by atoms with Crippen molar-refractivity contribution in [1.82, 2.24) is 24.8 Å². The van der Waals surface area contributed by atoms with Gasteiger partial charge in [0.05, 0.1) is 28.4 Å². The summed E-state index contributed by atoms with van der Waals surface area (Å²) in [5, 5.41) is 9.96. The number of nitrogens with one attached hydrogen (secondary N) is 2. The van der Waals surface area contributed by atoms with E-state index < -0.39 is 0 Å². The van der Waals surface area contributed by atoms with E-state index in [2.05, 4.69) is 31.6 Å². The van der Waals surface area contributed by atoms with Crippen LogP contribution in [0.3, 0.4) is 0 Å². The second-order valence-corrected chi connectivity index (χ2v) is 9.18. The number of anilines is 1. The Labute approximate surface area is 188 Å². The minimum atomic E-state index is 0.500. The molecule has 4 heterocycles. The van der Waals surface area contributed by atoms with E-state index in [1.807, 2.05) is 24.3 Å². The molecule has 0 spiro atoms. The average Bonchev–Trinajstić information content (AvgIpc) is 3.49. The van der Waals surface area contributed by atoms with Crippen LogP contribution in [0.1, 0.15) is 11.3 Å². The highest BCUT2D eigenvalue weighted by Gasteiger charge is 2.23. The molecule has 1 saturated heterocycles. The predicted molar refractivity (Wildman–Crippen MR) is 123 cm³/mol. The van der Waals surface area contributed by atoms with Crippen molar-refractivity contribution >= 4 is 51.7 Å². The number of thiophene rings is 1. The molecule has 0 saturated carbocycles. The van der Waals surface area contributed by atoms with E-state index in [1.54, 1.807) is 17.5 Å². The molecule has 1 aromatic carbocycles. The second-order valence-electron chi connectivity index (χ2n) is 7.34. The number of nitrogens with zero attached hydrogens (tertiary/aromatic N) is 4. The lowest BCUT2D eigenvalue weighted by molar-refractivity contribution is 0.490. The lowest BCUT2D eigenvalue weighted by Crippen LogP contribution is -2.16. The highest BCUT2D eigenvalue weighted by molar-refractivity contribution is 7.09. The number of benzene rings is 1. The van der Waals surface area contributed by atoms with Gasteiger partial charge in [0, 0.05) is 11.4 Å². The van der Waals surface area contributed by atoms with E-state index in [0.29, 0.717) is 28.5 Å². The molecule has 0 unspecified atom stereocenters. The minimum absolute atomic E-state index is 0.500. The zero-order chi connectivity index (χ0) is 20.5. The second kappa shape index (κ2) is 8.51. The van der Waals surface area contributed by atoms with Gasteiger partial charge in [-0.1, -0.05) is 35.3 Å². The highest BCUT2D eigenvalue weighted by Crippen LogP contribution is 2.36. The van der Waals surface area contributed by atoms with Gasteiger partial charge in [0.2, 0.25) is 5.95 Å². The summed E-state index contributed by atoms with van der Waals surface area (Å²) in [5.41, 5.74) is 2.25. The molecule has 9 heteroatoms. The fourth-order valence-electron chi connectivity index (χ4n) is 3.79. The first kappa shape index (κ1) is 19.8. The molecule has 6 nitrogen and oxygen atoms in total. The van der Waals surface area contributed by atoms with Gasteiger partial charge in [0.15, 0.2) is 5.65 Å². The molecular weight excluding hydrogens is 439 g/mol. The lowest BCUT2D eigenvalue weighted by Gasteiger charge is -2.15. The number of halogens is 2. The molecule has 30 heavy (non-hydrogen) atoms. The van der Waals surface area contributed by atoms with Crippen LogP contribution in [0.5, 0.6) is 0 Å². The Bertz CT molecular complexity index is 1150. The Morgan fingerprint density at radius 1 is 1.17 bits per heavy atom. The Kier molecular flexibility index (Phi) is 5.60. The maximum atomic E-state index is 6.52. The molecule has 1 atom stereocenters. The van der Waals surface area contributed by atoms with Crippen molar-refractivity contribution in [3.63, 3.8) is 0 Å². The van der Waals surface area contributed by atoms with E-state index in [4.69, 9.17) is 33.2 Å². The largest absolute Gasteiger partial charge is 0.349 e. The summed E-state index contributed by atoms with van der Waals surface area (Å²) in [4.78, 5) is 15.3. The topological polar surface area (TPSA) is 67.7 Å². The maximum Gasteiger partial charge on any atom is 0.225 e. The van der Waals surface area contributed by atoms with Crippen LogP contribution < -0.4 is 10.6 Å². The summed E-state index contributed by atoms with van der Waals surface area (Å²) in [6.07, 6.45) is 2.88. The molecule has 2 N–H and O–H groups in total. The summed E-state index contributed by atoms with van der Waals surface area (Å²) in [6, 6.07) is 9.64. The Hall–Kier alpha value is -2.19. The summed E-state index contributed by atoms with van der Waals surface area (Å²) in [6.45, 7) is 3.49. The molecule has 5 rings (SSSR count). The third-order valence-corrected chi connectivity index (χ3v) is 6.78. The van der Waals surface area contributed by atoms with E-state index >= 15 is 0 Å². The molecule has 1 fully saturated rings. The van der Waals surface area contributed by atoms with E-state index in [9.17, 15) is 0 Å². The molecular formula is C21H20Cl2N6S. The van der Waals surface area contributed by atoms with Crippen molar-refractivity contribution in [2.45, 2.75) is 19.5 Å². The molecule has 3 aromatic heterocycles. The molecule has 154 valence electrons. The Balaban J connectivity index is 1.58. The first-order valence-electron chi connectivity index (χ1n) is 9.83. The Morgan fingerprint density at radius 3 is 2.77 bits per heavy atom. The smallest absolute Gasteiger partial charge is 0.225 e. The third-order valence-electron chi connectivity index (χ3n) is 5.28. The van der Waals surface area contributed by atoms with Crippen molar-refractivity contribution in [3.8, 4) is 11.4 Å². The molecule has 0 bridgehead atoms. The molecule has 1 aliphatic rings. The van der Waals surface area contributed by atoms with Crippen molar-refractivity contribution < 1.29 is 0 Å². The van der Waals surface area contributed by atoms with Crippen LogP contribution in [0.25, 0.3) is 22.6 Å². The van der Waals surface area contributed by atoms with Crippen LogP contribution in [-0.4, -0.2) is 32.6 Å². The van der Waals surface area contributed by atoms with E-state index in [0.717, 1.165) is 48.6 Å². The molecule has 0 amide bonds. The van der Waals surface area contributed by atoms with Crippen LogP contribution >= 0.6 is 34.5 Å². The number of aromatic nitrogens is 4. The fraction of sp³-hybridized carbons (Fsp3) is 0.286. The van der Waals surface area contributed by atoms with Gasteiger partial charge < -0.3 is 15.2 Å². The van der Waals surface area contributed by atoms with Crippen molar-refractivity contribution in [1.29, 1.82) is 0 Å². The molecule has 1 aliphatic heterocycles. The Morgan fingerprint density at radius 2 is 2.03 bits per heavy atom. The number of hydrogen-bond donors (Lipinski definition) is 2. The molecule has 0 radical (unpaired) electrons. The standard InChI is InChI=1S/C21H20Cl2N6S/c22-15-4-1-5-16(23)18(15)20-27-17-11-26-21(25-10-14-3-2-8-30-14)28-19(17)29(20)12-13-6-7-24-9-13/h1-5,8,11,13,24H,6-7,9-10,12H2,(H,25,26,28)/t13-/m0/s1. The summed E-state index contributed by atoms with van der Waals surface area (Å²) < 4.78 is 2.14. The van der Waals surface area contributed by atoms with Gasteiger partial charge in [0.25, 0.3) is 0 Å². The van der Waals surface area contributed by atoms with Crippen LogP contribution in [0.2, 0.25) is 10.0 Å². The molecule has 4 aromatic rings. The zero-order valence-corrected chi connectivity index (χ0v) is 18.4. The van der Waals surface area contributed by atoms with Crippen LogP contribution in [0.15, 0.2) is 41.9 Å². The summed E-state index contributed by atoms with van der Waals surface area (Å²) >= 11 is 14.7. The van der Waals surface area contributed by atoms with Gasteiger partial charge >= 0.3 is 0 Å². The minimum Gasteiger partial charge on any atom is -0.349 e. The van der Waals surface area contributed by atoms with Crippen molar-refractivity contribution in [3.05, 3.63) is 56.8 Å². The predicted octanol–water partition coefficient (Wildman–Crippen LogP) is 5.08. The average molecular weight is 459 g/mol. The van der Waals surface area contributed by atoms with E-state index in [1.165, 1.54) is 4.88 Å². The monoisotopic (exact) mass is 458 g/mol. The number of hydrogen-bond acceptors (Lipinski definition) is 6.